The second-order valence-electron chi connectivity index (χ2n) is 4.17. The number of aromatic hydroxyl groups is 2. The second-order valence-corrected chi connectivity index (χ2v) is 5.34. The molecule has 0 fully saturated rings. The molecule has 0 atom stereocenters. The van der Waals surface area contributed by atoms with E-state index in [2.05, 4.69) is 15.9 Å². The van der Waals surface area contributed by atoms with Crippen LogP contribution in [0, 0.1) is 0 Å². The van der Waals surface area contributed by atoms with Crippen LogP contribution < -0.4 is 0 Å². The molecule has 1 rings (SSSR count). The van der Waals surface area contributed by atoms with Gasteiger partial charge in [-0.15, -0.1) is 0 Å². The monoisotopic (exact) mass is 278 g/mol. The summed E-state index contributed by atoms with van der Waals surface area (Å²) in [5.41, 5.74) is 0.417. The van der Waals surface area contributed by atoms with E-state index in [-0.39, 0.29) is 21.9 Å². The van der Waals surface area contributed by atoms with Gasteiger partial charge in [0, 0.05) is 5.56 Å². The van der Waals surface area contributed by atoms with Crippen molar-refractivity contribution in [3.05, 3.63) is 21.1 Å². The summed E-state index contributed by atoms with van der Waals surface area (Å²) >= 11 is 8.88. The van der Waals surface area contributed by atoms with Crippen LogP contribution in [-0.2, 0) is 5.41 Å². The highest BCUT2D eigenvalue weighted by Crippen LogP contribution is 2.44. The highest BCUT2D eigenvalue weighted by atomic mass is 79.9. The first-order valence-corrected chi connectivity index (χ1v) is 5.32. The highest BCUT2D eigenvalue weighted by Gasteiger charge is 2.23. The third kappa shape index (κ3) is 1.98. The van der Waals surface area contributed by atoms with Gasteiger partial charge < -0.3 is 10.2 Å². The summed E-state index contributed by atoms with van der Waals surface area (Å²) in [4.78, 5) is 0. The van der Waals surface area contributed by atoms with Crippen LogP contribution in [-0.4, -0.2) is 10.2 Å². The van der Waals surface area contributed by atoms with E-state index in [0.29, 0.717) is 10.0 Å². The molecule has 2 nitrogen and oxygen atoms in total. The van der Waals surface area contributed by atoms with Crippen LogP contribution in [0.15, 0.2) is 10.5 Å². The Bertz CT molecular complexity index is 369. The predicted molar refractivity (Wildman–Crippen MR) is 61.2 cm³/mol. The molecule has 78 valence electrons. The van der Waals surface area contributed by atoms with E-state index in [1.165, 1.54) is 6.07 Å². The number of rotatable bonds is 0. The Morgan fingerprint density at radius 2 is 1.79 bits per heavy atom. The van der Waals surface area contributed by atoms with Crippen LogP contribution in [0.3, 0.4) is 0 Å². The Hall–Kier alpha value is -0.410. The fourth-order valence-corrected chi connectivity index (χ4v) is 1.74. The summed E-state index contributed by atoms with van der Waals surface area (Å²) in [6, 6.07) is 1.49. The maximum Gasteiger partial charge on any atom is 0.135 e. The predicted octanol–water partition coefficient (Wildman–Crippen LogP) is 3.81. The SMILES string of the molecule is CC(C)(C)c1cc(O)c(Cl)c(Br)c1O. The Labute approximate surface area is 96.7 Å². The number of benzene rings is 1. The van der Waals surface area contributed by atoms with Gasteiger partial charge in [0.25, 0.3) is 0 Å². The van der Waals surface area contributed by atoms with Crippen molar-refractivity contribution in [3.63, 3.8) is 0 Å². The van der Waals surface area contributed by atoms with Crippen LogP contribution in [0.5, 0.6) is 11.5 Å². The third-order valence-corrected chi connectivity index (χ3v) is 3.35. The van der Waals surface area contributed by atoms with Gasteiger partial charge >= 0.3 is 0 Å². The average molecular weight is 280 g/mol. The molecule has 0 aliphatic carbocycles. The van der Waals surface area contributed by atoms with E-state index >= 15 is 0 Å². The Kier molecular flexibility index (Phi) is 3.02. The second kappa shape index (κ2) is 3.63. The van der Waals surface area contributed by atoms with Crippen molar-refractivity contribution in [2.75, 3.05) is 0 Å². The summed E-state index contributed by atoms with van der Waals surface area (Å²) in [6.45, 7) is 5.84. The van der Waals surface area contributed by atoms with Crippen LogP contribution in [0.1, 0.15) is 26.3 Å². The van der Waals surface area contributed by atoms with Crippen molar-refractivity contribution in [2.24, 2.45) is 0 Å². The molecule has 0 amide bonds. The molecular weight excluding hydrogens is 267 g/mol. The first kappa shape index (κ1) is 11.7. The maximum atomic E-state index is 9.80. The standard InChI is InChI=1S/C10H12BrClO2/c1-10(2,3)5-4-6(13)8(12)7(11)9(5)14/h4,13-14H,1-3H3. The van der Waals surface area contributed by atoms with Crippen molar-refractivity contribution in [3.8, 4) is 11.5 Å². The lowest BCUT2D eigenvalue weighted by Gasteiger charge is -2.21. The quantitative estimate of drug-likeness (QED) is 0.709. The summed E-state index contributed by atoms with van der Waals surface area (Å²) < 4.78 is 0.337. The highest BCUT2D eigenvalue weighted by molar-refractivity contribution is 9.10. The smallest absolute Gasteiger partial charge is 0.135 e. The number of hydrogen-bond acceptors (Lipinski definition) is 2. The minimum atomic E-state index is -0.241. The fourth-order valence-electron chi connectivity index (χ4n) is 1.17. The molecule has 14 heavy (non-hydrogen) atoms. The van der Waals surface area contributed by atoms with E-state index < -0.39 is 0 Å². The average Bonchev–Trinajstić information content (AvgIpc) is 2.06. The molecule has 0 saturated heterocycles. The van der Waals surface area contributed by atoms with Gasteiger partial charge in [-0.2, -0.15) is 0 Å². The molecule has 0 unspecified atom stereocenters. The van der Waals surface area contributed by atoms with E-state index in [9.17, 15) is 10.2 Å². The summed E-state index contributed by atoms with van der Waals surface area (Å²) in [5, 5.41) is 19.4. The Morgan fingerprint density at radius 3 is 2.21 bits per heavy atom. The molecule has 4 heteroatoms. The van der Waals surface area contributed by atoms with Gasteiger partial charge in [-0.05, 0) is 27.4 Å². The molecule has 0 aliphatic rings. The van der Waals surface area contributed by atoms with Crippen LogP contribution in [0.25, 0.3) is 0 Å². The van der Waals surface area contributed by atoms with E-state index in [4.69, 9.17) is 11.6 Å². The lowest BCUT2D eigenvalue weighted by molar-refractivity contribution is 0.432. The third-order valence-electron chi connectivity index (χ3n) is 1.97. The lowest BCUT2D eigenvalue weighted by atomic mass is 9.86. The molecule has 0 aliphatic heterocycles. The van der Waals surface area contributed by atoms with Gasteiger partial charge in [0.05, 0.1) is 4.47 Å². The molecule has 0 spiro atoms. The van der Waals surface area contributed by atoms with Crippen molar-refractivity contribution >= 4 is 27.5 Å². The topological polar surface area (TPSA) is 40.5 Å². The number of hydrogen-bond donors (Lipinski definition) is 2. The van der Waals surface area contributed by atoms with Gasteiger partial charge in [-0.25, -0.2) is 0 Å². The minimum absolute atomic E-state index is 0.0266. The summed E-state index contributed by atoms with van der Waals surface area (Å²) in [5.74, 6) is 0.0570. The summed E-state index contributed by atoms with van der Waals surface area (Å²) in [7, 11) is 0. The van der Waals surface area contributed by atoms with Gasteiger partial charge in [0.2, 0.25) is 0 Å². The number of phenolic OH excluding ortho intramolecular Hbond substituents is 2. The number of halogens is 2. The molecule has 0 saturated carbocycles. The normalized spacial score (nSPS) is 11.8. The first-order chi connectivity index (χ1) is 6.25. The minimum Gasteiger partial charge on any atom is -0.506 e. The molecule has 2 N–H and O–H groups in total. The lowest BCUT2D eigenvalue weighted by Crippen LogP contribution is -2.11. The molecule has 1 aromatic rings. The van der Waals surface area contributed by atoms with Gasteiger partial charge in [-0.3, -0.25) is 0 Å². The number of phenols is 2. The largest absolute Gasteiger partial charge is 0.506 e. The molecule has 1 aromatic carbocycles. The van der Waals surface area contributed by atoms with Crippen molar-refractivity contribution in [1.82, 2.24) is 0 Å². The van der Waals surface area contributed by atoms with Crippen LogP contribution in [0.2, 0.25) is 5.02 Å². The Balaban J connectivity index is 3.49. The van der Waals surface area contributed by atoms with Crippen molar-refractivity contribution in [1.29, 1.82) is 0 Å². The molecule has 0 radical (unpaired) electrons. The zero-order chi connectivity index (χ0) is 11.1. The zero-order valence-electron chi connectivity index (χ0n) is 8.23. The van der Waals surface area contributed by atoms with Gasteiger partial charge in [0.1, 0.15) is 16.5 Å². The Morgan fingerprint density at radius 1 is 1.29 bits per heavy atom. The molecule has 0 aromatic heterocycles. The zero-order valence-corrected chi connectivity index (χ0v) is 10.6. The molecule has 0 bridgehead atoms. The van der Waals surface area contributed by atoms with Crippen molar-refractivity contribution in [2.45, 2.75) is 26.2 Å². The van der Waals surface area contributed by atoms with E-state index in [1.54, 1.807) is 0 Å². The van der Waals surface area contributed by atoms with Crippen LogP contribution >= 0.6 is 27.5 Å². The maximum absolute atomic E-state index is 9.80. The first-order valence-electron chi connectivity index (χ1n) is 4.15. The summed E-state index contributed by atoms with van der Waals surface area (Å²) in [6.07, 6.45) is 0. The van der Waals surface area contributed by atoms with Gasteiger partial charge in [0.15, 0.2) is 0 Å². The van der Waals surface area contributed by atoms with E-state index in [1.807, 2.05) is 20.8 Å². The van der Waals surface area contributed by atoms with E-state index in [0.717, 1.165) is 0 Å². The van der Waals surface area contributed by atoms with Crippen molar-refractivity contribution < 1.29 is 10.2 Å². The fraction of sp³-hybridized carbons (Fsp3) is 0.400. The molecular formula is C10H12BrClO2. The van der Waals surface area contributed by atoms with Crippen LogP contribution in [0.4, 0.5) is 0 Å². The molecule has 0 heterocycles. The van der Waals surface area contributed by atoms with Gasteiger partial charge in [-0.1, -0.05) is 32.4 Å².